The predicted molar refractivity (Wildman–Crippen MR) is 344 cm³/mol. The van der Waals surface area contributed by atoms with Crippen molar-refractivity contribution in [2.75, 3.05) is 49.2 Å². The van der Waals surface area contributed by atoms with Crippen LogP contribution in [-0.4, -0.2) is 151 Å². The van der Waals surface area contributed by atoms with Crippen LogP contribution in [0.3, 0.4) is 0 Å². The molecule has 4 aliphatic rings. The number of amides is 2. The molecule has 4 atom stereocenters. The number of anilines is 2. The summed E-state index contributed by atoms with van der Waals surface area (Å²) in [6, 6.07) is 6.25. The molecule has 4 bridgehead atoms. The van der Waals surface area contributed by atoms with Crippen molar-refractivity contribution in [3.63, 3.8) is 0 Å². The Labute approximate surface area is 508 Å². The van der Waals surface area contributed by atoms with Crippen LogP contribution in [0.1, 0.15) is 87.0 Å². The molecule has 454 valence electrons. The average Bonchev–Trinajstić information content (AvgIpc) is 2.15. The molecule has 4 saturated heterocycles. The van der Waals surface area contributed by atoms with Crippen LogP contribution in [0.4, 0.5) is 21.5 Å². The third-order valence-corrected chi connectivity index (χ3v) is 20.7. The number of ether oxygens (including phenoxy) is 4. The summed E-state index contributed by atoms with van der Waals surface area (Å²) in [7, 11) is 1.12. The van der Waals surface area contributed by atoms with Crippen molar-refractivity contribution in [1.82, 2.24) is 47.8 Å². The quantitative estimate of drug-likeness (QED) is 0.0571. The predicted octanol–water partition coefficient (Wildman–Crippen LogP) is 11.3. The number of hydrogen-bond donors (Lipinski definition) is 0. The first-order valence-electron chi connectivity index (χ1n) is 29.6. The number of carbonyl (C=O) groups excluding carboxylic acids is 2. The molecule has 0 saturated carbocycles. The number of halogens is 2. The SMILES string of the molecule is CCn1cc2c(Cl)c(-c3cn(COCC[Si](C)(C)C)c4nc(N5C6CCCC5CN(C(=O)OC(C)(C)C)C6)n(C)c(=O)c34)ccc2n1.Cn1c(N2C3CCCC2CN(C(=O)OC(C)(C)C)C3)nc2c(c(I)cn2COCC[Si](C)(C)C)c1=O. The van der Waals surface area contributed by atoms with E-state index in [2.05, 4.69) is 76.8 Å². The van der Waals surface area contributed by atoms with Gasteiger partial charge in [0.1, 0.15) is 24.7 Å². The fourth-order valence-electron chi connectivity index (χ4n) is 11.8. The van der Waals surface area contributed by atoms with Crippen LogP contribution in [-0.2, 0) is 53.0 Å². The fraction of sp³-hybridized carbons (Fsp3) is 0.644. The van der Waals surface area contributed by atoms with E-state index in [-0.39, 0.29) is 54.2 Å². The Balaban J connectivity index is 0.000000207. The van der Waals surface area contributed by atoms with E-state index in [0.29, 0.717) is 85.1 Å². The zero-order valence-corrected chi connectivity index (χ0v) is 56.5. The minimum Gasteiger partial charge on any atom is -0.444 e. The zero-order valence-electron chi connectivity index (χ0n) is 51.6. The van der Waals surface area contributed by atoms with E-state index in [1.165, 1.54) is 0 Å². The molecule has 9 heterocycles. The Hall–Kier alpha value is -4.96. The van der Waals surface area contributed by atoms with Crippen molar-refractivity contribution in [3.05, 3.63) is 60.0 Å². The number of likely N-dealkylation sites (tertiary alicyclic amines) is 2. The average molecular weight is 1310 g/mol. The summed E-state index contributed by atoms with van der Waals surface area (Å²) in [5, 5.41) is 7.15. The molecule has 83 heavy (non-hydrogen) atoms. The lowest BCUT2D eigenvalue weighted by Gasteiger charge is -2.50. The Kier molecular flexibility index (Phi) is 18.4. The van der Waals surface area contributed by atoms with Gasteiger partial charge in [-0.05, 0) is 128 Å². The van der Waals surface area contributed by atoms with Gasteiger partial charge in [-0.15, -0.1) is 0 Å². The molecule has 2 amide bonds. The molecule has 0 radical (unpaired) electrons. The molecule has 4 unspecified atom stereocenters. The van der Waals surface area contributed by atoms with E-state index in [0.717, 1.165) is 82.8 Å². The molecule has 24 heteroatoms. The summed E-state index contributed by atoms with van der Waals surface area (Å²) in [6.07, 6.45) is 11.2. The first-order valence-corrected chi connectivity index (χ1v) is 38.5. The van der Waals surface area contributed by atoms with Gasteiger partial charge in [0, 0.05) is 139 Å². The number of fused-ring (bicyclic) bond motifs is 7. The number of carbonyl (C=O) groups is 2. The highest BCUT2D eigenvalue weighted by Gasteiger charge is 2.44. The number of aromatic nitrogens is 8. The van der Waals surface area contributed by atoms with E-state index >= 15 is 0 Å². The lowest BCUT2D eigenvalue weighted by molar-refractivity contribution is 0.0144. The van der Waals surface area contributed by atoms with Crippen LogP contribution < -0.4 is 20.9 Å². The van der Waals surface area contributed by atoms with E-state index < -0.39 is 27.3 Å². The summed E-state index contributed by atoms with van der Waals surface area (Å²) in [6.45, 7) is 32.3. The summed E-state index contributed by atoms with van der Waals surface area (Å²) in [5.41, 5.74) is 2.24. The lowest BCUT2D eigenvalue weighted by Crippen LogP contribution is -2.63. The third kappa shape index (κ3) is 14.0. The van der Waals surface area contributed by atoms with E-state index in [4.69, 9.17) is 40.5 Å². The molecule has 4 fully saturated rings. The van der Waals surface area contributed by atoms with Crippen LogP contribution in [0.25, 0.3) is 44.1 Å². The van der Waals surface area contributed by atoms with E-state index in [1.807, 2.05) is 103 Å². The first kappa shape index (κ1) is 62.6. The molecule has 10 rings (SSSR count). The van der Waals surface area contributed by atoms with Gasteiger partial charge in [-0.2, -0.15) is 15.1 Å². The standard InChI is InChI=1S/C34H48ClN7O4Si.C25H40IN5O4Si/c1-9-41-20-26-27(37-41)14-13-24(29(26)35)25-19-40(21-45-15-16-47(6,7)8)30-28(25)31(43)38(5)32(36-30)42-22-11-10-12-23(42)18-39(17-22)33(44)46-34(2,3)4;1-25(2,3)35-24(33)29-13-17-9-8-10-18(14-29)31(17)23-27-21-20(22(32)28(23)4)19(26)15-30(21)16-34-11-12-36(5,6)7/h13-14,19-20,22-23H,9-12,15-18,21H2,1-8H3;15,17-18H,8-14,16H2,1-7H3. The molecule has 6 aromatic rings. The Morgan fingerprint density at radius 3 is 1.52 bits per heavy atom. The van der Waals surface area contributed by atoms with Gasteiger partial charge in [0.2, 0.25) is 11.9 Å². The molecular formula is C59H88ClIN12O8Si2. The number of hydrogen-bond acceptors (Lipinski definition) is 13. The topological polar surface area (TPSA) is 181 Å². The lowest BCUT2D eigenvalue weighted by atomic mass is 9.91. The number of piperazine rings is 2. The van der Waals surface area contributed by atoms with Gasteiger partial charge in [0.25, 0.3) is 11.1 Å². The smallest absolute Gasteiger partial charge is 0.410 e. The minimum atomic E-state index is -1.29. The highest BCUT2D eigenvalue weighted by molar-refractivity contribution is 14.1. The van der Waals surface area contributed by atoms with Crippen LogP contribution in [0.2, 0.25) is 56.4 Å². The van der Waals surface area contributed by atoms with Gasteiger partial charge >= 0.3 is 12.2 Å². The maximum Gasteiger partial charge on any atom is 0.410 e. The van der Waals surface area contributed by atoms with Crippen LogP contribution in [0.5, 0.6) is 0 Å². The summed E-state index contributed by atoms with van der Waals surface area (Å²) >= 11 is 9.27. The van der Waals surface area contributed by atoms with Crippen molar-refractivity contribution in [2.24, 2.45) is 14.1 Å². The maximum absolute atomic E-state index is 14.4. The minimum absolute atomic E-state index is 0.0217. The second kappa shape index (κ2) is 24.4. The van der Waals surface area contributed by atoms with E-state index in [9.17, 15) is 19.2 Å². The number of aryl methyl sites for hydroxylation is 1. The van der Waals surface area contributed by atoms with Crippen LogP contribution >= 0.6 is 34.2 Å². The molecule has 0 N–H and O–H groups in total. The van der Waals surface area contributed by atoms with Crippen LogP contribution in [0.15, 0.2) is 40.3 Å². The molecule has 0 aliphatic carbocycles. The van der Waals surface area contributed by atoms with Gasteiger partial charge < -0.3 is 47.7 Å². The van der Waals surface area contributed by atoms with E-state index in [1.54, 1.807) is 23.2 Å². The number of piperidine rings is 2. The third-order valence-electron chi connectivity index (χ3n) is 16.1. The normalized spacial score (nSPS) is 19.7. The molecule has 5 aromatic heterocycles. The Bertz CT molecular complexity index is 3470. The van der Waals surface area contributed by atoms with Gasteiger partial charge in [0.15, 0.2) is 11.3 Å². The highest BCUT2D eigenvalue weighted by Crippen LogP contribution is 2.40. The molecule has 1 aromatic carbocycles. The Morgan fingerprint density at radius 1 is 0.651 bits per heavy atom. The van der Waals surface area contributed by atoms with Crippen molar-refractivity contribution in [2.45, 2.75) is 194 Å². The second-order valence-electron chi connectivity index (χ2n) is 27.5. The fourth-order valence-corrected chi connectivity index (χ4v) is 14.4. The van der Waals surface area contributed by atoms with Gasteiger partial charge in [-0.3, -0.25) is 23.4 Å². The summed E-state index contributed by atoms with van der Waals surface area (Å²) in [4.78, 5) is 72.3. The zero-order chi connectivity index (χ0) is 60.2. The van der Waals surface area contributed by atoms with Gasteiger partial charge in [-0.1, -0.05) is 56.9 Å². The van der Waals surface area contributed by atoms with Crippen molar-refractivity contribution < 1.29 is 28.5 Å². The largest absolute Gasteiger partial charge is 0.444 e. The maximum atomic E-state index is 14.4. The monoisotopic (exact) mass is 1310 g/mol. The van der Waals surface area contributed by atoms with Crippen molar-refractivity contribution in [1.29, 1.82) is 0 Å². The Morgan fingerprint density at radius 2 is 1.08 bits per heavy atom. The molecular weight excluding hydrogens is 1220 g/mol. The van der Waals surface area contributed by atoms with Gasteiger partial charge in [-0.25, -0.2) is 9.59 Å². The highest BCUT2D eigenvalue weighted by atomic mass is 127. The first-order chi connectivity index (χ1) is 38.9. The van der Waals surface area contributed by atoms with Crippen molar-refractivity contribution in [3.8, 4) is 11.1 Å². The second-order valence-corrected chi connectivity index (χ2v) is 40.3. The molecule has 20 nitrogen and oxygen atoms in total. The number of benzene rings is 1. The van der Waals surface area contributed by atoms with Crippen LogP contribution in [0, 0.1) is 3.57 Å². The van der Waals surface area contributed by atoms with Crippen molar-refractivity contribution >= 4 is 107 Å². The summed E-state index contributed by atoms with van der Waals surface area (Å²) in [5.74, 6) is 1.28. The molecule has 4 aliphatic heterocycles. The molecule has 0 spiro atoms. The number of rotatable bonds is 14. The summed E-state index contributed by atoms with van der Waals surface area (Å²) < 4.78 is 33.6. The van der Waals surface area contributed by atoms with Gasteiger partial charge in [0.05, 0.1) is 21.3 Å². The number of nitrogens with zero attached hydrogens (tertiary/aromatic N) is 12.